The van der Waals surface area contributed by atoms with Crippen LogP contribution in [0, 0.1) is 0 Å². The second kappa shape index (κ2) is 15.6. The summed E-state index contributed by atoms with van der Waals surface area (Å²) in [6.45, 7) is 0. The lowest BCUT2D eigenvalue weighted by atomic mass is 10.2. The van der Waals surface area contributed by atoms with Gasteiger partial charge < -0.3 is 0 Å². The zero-order valence-corrected chi connectivity index (χ0v) is 23.0. The molecule has 0 unspecified atom stereocenters. The molecule has 4 aromatic carbocycles. The fourth-order valence-electron chi connectivity index (χ4n) is 4.55. The SMILES string of the molecule is C(=C\CCCCP(c1ccccc1)c1ccccc1)/CCCCP(c1ccccc1)c1ccccc1. The van der Waals surface area contributed by atoms with Crippen LogP contribution in [0.2, 0.25) is 0 Å². The Morgan fingerprint density at radius 2 is 0.639 bits per heavy atom. The van der Waals surface area contributed by atoms with E-state index in [9.17, 15) is 0 Å². The van der Waals surface area contributed by atoms with Crippen molar-refractivity contribution in [2.24, 2.45) is 0 Å². The number of allylic oxidation sites excluding steroid dienone is 2. The van der Waals surface area contributed by atoms with Gasteiger partial charge in [0.05, 0.1) is 0 Å². The molecule has 0 heterocycles. The average Bonchev–Trinajstić information content (AvgIpc) is 2.96. The summed E-state index contributed by atoms with van der Waals surface area (Å²) in [5, 5.41) is 6.00. The molecule has 0 aliphatic rings. The highest BCUT2D eigenvalue weighted by Gasteiger charge is 2.13. The van der Waals surface area contributed by atoms with Crippen molar-refractivity contribution in [3.8, 4) is 0 Å². The maximum absolute atomic E-state index is 2.42. The Balaban J connectivity index is 1.17. The molecule has 0 fully saturated rings. The summed E-state index contributed by atoms with van der Waals surface area (Å²) in [6.07, 6.45) is 14.9. The lowest BCUT2D eigenvalue weighted by molar-refractivity contribution is 0.798. The summed E-state index contributed by atoms with van der Waals surface area (Å²) in [4.78, 5) is 0. The van der Waals surface area contributed by atoms with E-state index in [1.807, 2.05) is 0 Å². The Labute approximate surface area is 221 Å². The first-order valence-electron chi connectivity index (χ1n) is 13.3. The zero-order valence-electron chi connectivity index (χ0n) is 21.3. The molecule has 0 aliphatic heterocycles. The van der Waals surface area contributed by atoms with Gasteiger partial charge in [0, 0.05) is 0 Å². The van der Waals surface area contributed by atoms with E-state index < -0.39 is 0 Å². The molecular formula is C34H38P2. The van der Waals surface area contributed by atoms with E-state index in [4.69, 9.17) is 0 Å². The van der Waals surface area contributed by atoms with E-state index in [0.29, 0.717) is 0 Å². The second-order valence-corrected chi connectivity index (χ2v) is 13.8. The van der Waals surface area contributed by atoms with Gasteiger partial charge in [-0.2, -0.15) is 0 Å². The van der Waals surface area contributed by atoms with Gasteiger partial charge >= 0.3 is 0 Å². The first-order chi connectivity index (χ1) is 17.9. The third-order valence-electron chi connectivity index (χ3n) is 6.44. The topological polar surface area (TPSA) is 0 Å². The lowest BCUT2D eigenvalue weighted by Gasteiger charge is -2.18. The summed E-state index contributed by atoms with van der Waals surface area (Å²) in [5.74, 6) is 0. The fraction of sp³-hybridized carbons (Fsp3) is 0.235. The zero-order chi connectivity index (χ0) is 24.7. The summed E-state index contributed by atoms with van der Waals surface area (Å²) >= 11 is 0. The number of rotatable bonds is 14. The van der Waals surface area contributed by atoms with Crippen molar-refractivity contribution in [2.75, 3.05) is 12.3 Å². The van der Waals surface area contributed by atoms with Gasteiger partial charge in [-0.25, -0.2) is 0 Å². The summed E-state index contributed by atoms with van der Waals surface area (Å²) in [7, 11) is -0.501. The van der Waals surface area contributed by atoms with E-state index in [2.05, 4.69) is 133 Å². The smallest absolute Gasteiger partial charge is 0.0195 e. The molecule has 0 atom stereocenters. The van der Waals surface area contributed by atoms with Gasteiger partial charge in [-0.3, -0.25) is 0 Å². The molecule has 2 heteroatoms. The Kier molecular flexibility index (Phi) is 11.5. The van der Waals surface area contributed by atoms with Crippen LogP contribution in [0.15, 0.2) is 133 Å². The minimum atomic E-state index is -0.251. The van der Waals surface area contributed by atoms with Crippen LogP contribution in [0.1, 0.15) is 38.5 Å². The highest BCUT2D eigenvalue weighted by Crippen LogP contribution is 2.35. The predicted molar refractivity (Wildman–Crippen MR) is 165 cm³/mol. The Hall–Kier alpha value is -2.52. The largest absolute Gasteiger partial charge is 0.0885 e. The van der Waals surface area contributed by atoms with Crippen molar-refractivity contribution >= 4 is 37.1 Å². The lowest BCUT2D eigenvalue weighted by Crippen LogP contribution is -2.13. The minimum absolute atomic E-state index is 0.251. The van der Waals surface area contributed by atoms with E-state index >= 15 is 0 Å². The maximum Gasteiger partial charge on any atom is -0.0195 e. The summed E-state index contributed by atoms with van der Waals surface area (Å²) in [6, 6.07) is 44.4. The molecule has 0 amide bonds. The highest BCUT2D eigenvalue weighted by atomic mass is 31.1. The van der Waals surface area contributed by atoms with Crippen LogP contribution < -0.4 is 21.2 Å². The Morgan fingerprint density at radius 1 is 0.361 bits per heavy atom. The van der Waals surface area contributed by atoms with E-state index in [1.54, 1.807) is 0 Å². The first kappa shape index (κ1) is 26.5. The minimum Gasteiger partial charge on any atom is -0.0885 e. The van der Waals surface area contributed by atoms with Gasteiger partial charge in [0.25, 0.3) is 0 Å². The fourth-order valence-corrected chi connectivity index (χ4v) is 9.38. The van der Waals surface area contributed by atoms with Crippen molar-refractivity contribution in [1.82, 2.24) is 0 Å². The van der Waals surface area contributed by atoms with E-state index in [-0.39, 0.29) is 15.8 Å². The average molecular weight is 509 g/mol. The first-order valence-corrected chi connectivity index (χ1v) is 16.4. The maximum atomic E-state index is 2.42. The van der Waals surface area contributed by atoms with Gasteiger partial charge in [0.15, 0.2) is 0 Å². The van der Waals surface area contributed by atoms with Crippen LogP contribution in [0.4, 0.5) is 0 Å². The molecule has 0 saturated carbocycles. The van der Waals surface area contributed by atoms with Crippen LogP contribution in [0.25, 0.3) is 0 Å². The van der Waals surface area contributed by atoms with Crippen molar-refractivity contribution in [2.45, 2.75) is 38.5 Å². The van der Waals surface area contributed by atoms with E-state index in [0.717, 1.165) is 0 Å². The van der Waals surface area contributed by atoms with Crippen LogP contribution >= 0.6 is 15.8 Å². The van der Waals surface area contributed by atoms with Crippen LogP contribution in [-0.4, -0.2) is 12.3 Å². The predicted octanol–water partition coefficient (Wildman–Crippen LogP) is 8.15. The van der Waals surface area contributed by atoms with Crippen molar-refractivity contribution in [3.63, 3.8) is 0 Å². The molecule has 0 aromatic heterocycles. The standard InChI is InChI=1S/C34H38P2/c1(3-5-19-29-35(31-21-11-7-12-22-31)32-23-13-8-14-24-32)2-4-6-20-30-36(33-25-15-9-16-26-33)34-27-17-10-18-28-34/h1-2,7-18,21-28H,3-6,19-20,29-30H2/b2-1+. The molecule has 0 bridgehead atoms. The van der Waals surface area contributed by atoms with Crippen molar-refractivity contribution < 1.29 is 0 Å². The third kappa shape index (κ3) is 8.55. The number of unbranched alkanes of at least 4 members (excludes halogenated alkanes) is 4. The van der Waals surface area contributed by atoms with Crippen LogP contribution in [0.3, 0.4) is 0 Å². The monoisotopic (exact) mass is 508 g/mol. The molecule has 4 aromatic rings. The number of benzene rings is 4. The molecular weight excluding hydrogens is 470 g/mol. The van der Waals surface area contributed by atoms with Gasteiger partial charge in [0.1, 0.15) is 0 Å². The van der Waals surface area contributed by atoms with Gasteiger partial charge in [-0.1, -0.05) is 133 Å². The van der Waals surface area contributed by atoms with Crippen molar-refractivity contribution in [3.05, 3.63) is 133 Å². The quantitative estimate of drug-likeness (QED) is 0.0916. The molecule has 4 rings (SSSR count). The number of hydrogen-bond donors (Lipinski definition) is 0. The Bertz CT molecular complexity index is 953. The van der Waals surface area contributed by atoms with E-state index in [1.165, 1.54) is 72.1 Å². The molecule has 184 valence electrons. The Morgan fingerprint density at radius 3 is 0.917 bits per heavy atom. The molecule has 0 radical (unpaired) electrons. The second-order valence-electron chi connectivity index (χ2n) is 9.11. The van der Waals surface area contributed by atoms with Crippen LogP contribution in [-0.2, 0) is 0 Å². The third-order valence-corrected chi connectivity index (χ3v) is 11.7. The van der Waals surface area contributed by atoms with Gasteiger partial charge in [0.2, 0.25) is 0 Å². The summed E-state index contributed by atoms with van der Waals surface area (Å²) in [5.41, 5.74) is 0. The van der Waals surface area contributed by atoms with Gasteiger partial charge in [-0.05, 0) is 87.9 Å². The normalized spacial score (nSPS) is 11.5. The summed E-state index contributed by atoms with van der Waals surface area (Å²) < 4.78 is 0. The molecule has 0 saturated heterocycles. The van der Waals surface area contributed by atoms with Crippen molar-refractivity contribution in [1.29, 1.82) is 0 Å². The molecule has 36 heavy (non-hydrogen) atoms. The van der Waals surface area contributed by atoms with Crippen LogP contribution in [0.5, 0.6) is 0 Å². The molecule has 0 spiro atoms. The number of hydrogen-bond acceptors (Lipinski definition) is 0. The molecule has 0 N–H and O–H groups in total. The molecule has 0 nitrogen and oxygen atoms in total. The highest BCUT2D eigenvalue weighted by molar-refractivity contribution is 7.73. The molecule has 0 aliphatic carbocycles. The van der Waals surface area contributed by atoms with Gasteiger partial charge in [-0.15, -0.1) is 0 Å².